The van der Waals surface area contributed by atoms with Crippen LogP contribution in [0.2, 0.25) is 0 Å². The topological polar surface area (TPSA) is 21.3 Å². The van der Waals surface area contributed by atoms with E-state index in [4.69, 9.17) is 4.74 Å². The predicted octanol–water partition coefficient (Wildman–Crippen LogP) is 3.92. The first-order valence-corrected chi connectivity index (χ1v) is 6.93. The second-order valence-corrected chi connectivity index (χ2v) is 6.10. The third-order valence-electron chi connectivity index (χ3n) is 4.30. The molecule has 2 nitrogen and oxygen atoms in total. The minimum absolute atomic E-state index is 0.377. The quantitative estimate of drug-likeness (QED) is 0.870. The maximum atomic E-state index is 5.29. The van der Waals surface area contributed by atoms with Crippen molar-refractivity contribution in [1.29, 1.82) is 0 Å². The molecule has 2 rings (SSSR count). The van der Waals surface area contributed by atoms with Crippen molar-refractivity contribution in [3.63, 3.8) is 0 Å². The molecule has 100 valence electrons. The highest BCUT2D eigenvalue weighted by molar-refractivity contribution is 5.30. The molecule has 0 saturated heterocycles. The molecule has 1 saturated carbocycles. The van der Waals surface area contributed by atoms with Gasteiger partial charge >= 0.3 is 0 Å². The molecule has 2 heteroatoms. The molecule has 0 amide bonds. The molecule has 1 aromatic carbocycles. The van der Waals surface area contributed by atoms with Crippen LogP contribution in [0, 0.1) is 5.41 Å². The molecular weight excluding hydrogens is 222 g/mol. The Balaban J connectivity index is 2.05. The summed E-state index contributed by atoms with van der Waals surface area (Å²) < 4.78 is 5.29. The van der Waals surface area contributed by atoms with Gasteiger partial charge in [0.1, 0.15) is 5.75 Å². The first kappa shape index (κ1) is 13.4. The lowest BCUT2D eigenvalue weighted by Gasteiger charge is -2.31. The van der Waals surface area contributed by atoms with Crippen LogP contribution in [-0.2, 0) is 0 Å². The average molecular weight is 247 g/mol. The zero-order chi connectivity index (χ0) is 13.2. The molecule has 1 aliphatic rings. The van der Waals surface area contributed by atoms with E-state index < -0.39 is 0 Å². The smallest absolute Gasteiger partial charge is 0.119 e. The van der Waals surface area contributed by atoms with Gasteiger partial charge in [-0.3, -0.25) is 0 Å². The average Bonchev–Trinajstić information content (AvgIpc) is 2.69. The SMILES string of the molecule is COc1cccc(C(C)NC2CCCC2(C)C)c1. The van der Waals surface area contributed by atoms with Gasteiger partial charge in [0, 0.05) is 12.1 Å². The van der Waals surface area contributed by atoms with E-state index in [1.807, 2.05) is 6.07 Å². The molecule has 0 spiro atoms. The largest absolute Gasteiger partial charge is 0.497 e. The van der Waals surface area contributed by atoms with Crippen molar-refractivity contribution in [3.8, 4) is 5.75 Å². The number of rotatable bonds is 4. The lowest BCUT2D eigenvalue weighted by Crippen LogP contribution is -2.39. The van der Waals surface area contributed by atoms with Crippen molar-refractivity contribution in [3.05, 3.63) is 29.8 Å². The summed E-state index contributed by atoms with van der Waals surface area (Å²) in [6.07, 6.45) is 3.96. The fraction of sp³-hybridized carbons (Fsp3) is 0.625. The molecule has 1 aliphatic carbocycles. The van der Waals surface area contributed by atoms with Crippen LogP contribution in [-0.4, -0.2) is 13.2 Å². The lowest BCUT2D eigenvalue weighted by molar-refractivity contribution is 0.266. The second kappa shape index (κ2) is 5.31. The molecule has 2 unspecified atom stereocenters. The van der Waals surface area contributed by atoms with Crippen LogP contribution in [0.1, 0.15) is 51.6 Å². The third-order valence-corrected chi connectivity index (χ3v) is 4.30. The Kier molecular flexibility index (Phi) is 3.96. The van der Waals surface area contributed by atoms with Crippen LogP contribution in [0.4, 0.5) is 0 Å². The number of nitrogens with one attached hydrogen (secondary N) is 1. The monoisotopic (exact) mass is 247 g/mol. The molecule has 0 radical (unpaired) electrons. The zero-order valence-corrected chi connectivity index (χ0v) is 12.0. The van der Waals surface area contributed by atoms with E-state index in [1.165, 1.54) is 24.8 Å². The first-order chi connectivity index (χ1) is 8.53. The van der Waals surface area contributed by atoms with Crippen LogP contribution in [0.15, 0.2) is 24.3 Å². The van der Waals surface area contributed by atoms with Gasteiger partial charge in [0.25, 0.3) is 0 Å². The Labute approximate surface area is 111 Å². The molecule has 1 N–H and O–H groups in total. The van der Waals surface area contributed by atoms with Gasteiger partial charge in [-0.1, -0.05) is 32.4 Å². The van der Waals surface area contributed by atoms with Gasteiger partial charge in [-0.2, -0.15) is 0 Å². The highest BCUT2D eigenvalue weighted by Crippen LogP contribution is 2.38. The van der Waals surface area contributed by atoms with Gasteiger partial charge in [-0.25, -0.2) is 0 Å². The van der Waals surface area contributed by atoms with E-state index in [-0.39, 0.29) is 0 Å². The van der Waals surface area contributed by atoms with Crippen molar-refractivity contribution in [2.45, 2.75) is 52.1 Å². The normalized spacial score (nSPS) is 23.9. The highest BCUT2D eigenvalue weighted by Gasteiger charge is 2.34. The summed E-state index contributed by atoms with van der Waals surface area (Å²) in [4.78, 5) is 0. The van der Waals surface area contributed by atoms with Gasteiger partial charge in [0.05, 0.1) is 7.11 Å². The van der Waals surface area contributed by atoms with Crippen LogP contribution in [0.3, 0.4) is 0 Å². The zero-order valence-electron chi connectivity index (χ0n) is 12.0. The number of hydrogen-bond acceptors (Lipinski definition) is 2. The number of benzene rings is 1. The standard InChI is InChI=1S/C16H25NO/c1-12(13-7-5-8-14(11-13)18-4)17-15-9-6-10-16(15,2)3/h5,7-8,11-12,15,17H,6,9-10H2,1-4H3. The molecule has 1 aromatic rings. The van der Waals surface area contributed by atoms with Crippen LogP contribution in [0.5, 0.6) is 5.75 Å². The van der Waals surface area contributed by atoms with Gasteiger partial charge in [-0.05, 0) is 42.9 Å². The molecule has 0 aromatic heterocycles. The molecule has 18 heavy (non-hydrogen) atoms. The Morgan fingerprint density at radius 2 is 2.17 bits per heavy atom. The molecule has 0 bridgehead atoms. The summed E-state index contributed by atoms with van der Waals surface area (Å²) in [5.41, 5.74) is 1.73. The second-order valence-electron chi connectivity index (χ2n) is 6.10. The highest BCUT2D eigenvalue weighted by atomic mass is 16.5. The fourth-order valence-corrected chi connectivity index (χ4v) is 2.94. The fourth-order valence-electron chi connectivity index (χ4n) is 2.94. The van der Waals surface area contributed by atoms with Gasteiger partial charge in [-0.15, -0.1) is 0 Å². The third kappa shape index (κ3) is 2.86. The minimum atomic E-state index is 0.377. The Hall–Kier alpha value is -1.02. The van der Waals surface area contributed by atoms with Crippen molar-refractivity contribution < 1.29 is 4.74 Å². The van der Waals surface area contributed by atoms with Crippen LogP contribution < -0.4 is 10.1 Å². The summed E-state index contributed by atoms with van der Waals surface area (Å²) in [5.74, 6) is 0.937. The molecule has 2 atom stereocenters. The molecule has 0 heterocycles. The van der Waals surface area contributed by atoms with Gasteiger partial charge in [0.2, 0.25) is 0 Å². The van der Waals surface area contributed by atoms with E-state index in [2.05, 4.69) is 44.3 Å². The van der Waals surface area contributed by atoms with Crippen LogP contribution >= 0.6 is 0 Å². The van der Waals surface area contributed by atoms with Crippen molar-refractivity contribution >= 4 is 0 Å². The lowest BCUT2D eigenvalue weighted by atomic mass is 9.86. The number of ether oxygens (including phenoxy) is 1. The van der Waals surface area contributed by atoms with Gasteiger partial charge < -0.3 is 10.1 Å². The van der Waals surface area contributed by atoms with Gasteiger partial charge in [0.15, 0.2) is 0 Å². The van der Waals surface area contributed by atoms with E-state index in [0.717, 1.165) is 5.75 Å². The van der Waals surface area contributed by atoms with E-state index >= 15 is 0 Å². The van der Waals surface area contributed by atoms with Crippen LogP contribution in [0.25, 0.3) is 0 Å². The molecule has 1 fully saturated rings. The van der Waals surface area contributed by atoms with E-state index in [0.29, 0.717) is 17.5 Å². The predicted molar refractivity (Wildman–Crippen MR) is 76.0 cm³/mol. The molecule has 0 aliphatic heterocycles. The summed E-state index contributed by atoms with van der Waals surface area (Å²) in [5, 5.41) is 3.78. The summed E-state index contributed by atoms with van der Waals surface area (Å²) in [7, 11) is 1.72. The summed E-state index contributed by atoms with van der Waals surface area (Å²) in [6.45, 7) is 6.98. The summed E-state index contributed by atoms with van der Waals surface area (Å²) >= 11 is 0. The first-order valence-electron chi connectivity index (χ1n) is 6.93. The maximum absolute atomic E-state index is 5.29. The Morgan fingerprint density at radius 1 is 1.39 bits per heavy atom. The van der Waals surface area contributed by atoms with Crippen molar-refractivity contribution in [2.75, 3.05) is 7.11 Å². The van der Waals surface area contributed by atoms with Crippen molar-refractivity contribution in [1.82, 2.24) is 5.32 Å². The number of hydrogen-bond donors (Lipinski definition) is 1. The Bertz CT molecular complexity index is 400. The minimum Gasteiger partial charge on any atom is -0.497 e. The molecular formula is C16H25NO. The van der Waals surface area contributed by atoms with E-state index in [1.54, 1.807) is 7.11 Å². The maximum Gasteiger partial charge on any atom is 0.119 e. The van der Waals surface area contributed by atoms with Crippen molar-refractivity contribution in [2.24, 2.45) is 5.41 Å². The Morgan fingerprint density at radius 3 is 2.78 bits per heavy atom. The van der Waals surface area contributed by atoms with E-state index in [9.17, 15) is 0 Å². The summed E-state index contributed by atoms with van der Waals surface area (Å²) in [6, 6.07) is 9.35. The number of methoxy groups -OCH3 is 1.